The first-order valence-corrected chi connectivity index (χ1v) is 51.0. The Bertz CT molecular complexity index is 5670. The molecule has 2 fully saturated rings. The first kappa shape index (κ1) is 119. The summed E-state index contributed by atoms with van der Waals surface area (Å²) in [6.07, 6.45) is 0.907. The maximum Gasteiger partial charge on any atom is 0.341 e. The van der Waals surface area contributed by atoms with Crippen molar-refractivity contribution in [1.82, 2.24) is 84.3 Å². The quantitative estimate of drug-likeness (QED) is 0.0273. The molecule has 0 bridgehead atoms. The van der Waals surface area contributed by atoms with Gasteiger partial charge in [0.25, 0.3) is 0 Å². The summed E-state index contributed by atoms with van der Waals surface area (Å²) < 4.78 is 5.33. The number of nitrogens with two attached hydrogens (primary N) is 3. The van der Waals surface area contributed by atoms with E-state index in [1.54, 1.807) is 96.3 Å². The number of nitrogens with one attached hydrogen (secondary N) is 15. The third-order valence-corrected chi connectivity index (χ3v) is 26.9. The second-order valence-corrected chi connectivity index (χ2v) is 39.9. The lowest BCUT2D eigenvalue weighted by atomic mass is 9.84. The van der Waals surface area contributed by atoms with Crippen molar-refractivity contribution in [2.24, 2.45) is 46.8 Å². The number of nitrogens with zero attached hydrogens (tertiary/aromatic N) is 1. The lowest BCUT2D eigenvalue weighted by Crippen LogP contribution is -2.62. The van der Waals surface area contributed by atoms with Crippen molar-refractivity contribution in [2.75, 3.05) is 38.3 Å². The monoisotopic (exact) mass is 2090 g/mol. The Kier molecular flexibility index (Phi) is 46.9. The Morgan fingerprint density at radius 2 is 0.946 bits per heavy atom. The highest BCUT2D eigenvalue weighted by molar-refractivity contribution is 8.00. The number of aliphatic hydroxyl groups excluding tert-OH is 1. The van der Waals surface area contributed by atoms with E-state index in [0.29, 0.717) is 46.6 Å². The Balaban J connectivity index is 1.25. The molecule has 1 aliphatic heterocycles. The summed E-state index contributed by atoms with van der Waals surface area (Å²) in [6, 6.07) is 8.48. The molecule has 1 aliphatic carbocycles. The second-order valence-electron chi connectivity index (χ2n) is 38.9. The summed E-state index contributed by atoms with van der Waals surface area (Å²) in [7, 11) is 1.31. The molecule has 2 heterocycles. The molecule has 16 atom stereocenters. The van der Waals surface area contributed by atoms with E-state index in [0.717, 1.165) is 47.4 Å². The number of rotatable bonds is 33. The first-order chi connectivity index (χ1) is 70.7. The SMILES string of the molecule is CCC(C)[C@@H]1NC(=O)[C@H](Cc2ccc(-c3ccccc3)cc2)NC(=O)[C@H](CC(C)C)NC(=O)[C@H](Cc2c[nH]c3ccccc23)NC(=O)[C@H](CC(=O)O)NC(=O)[C@H](Cc2ccc(C(=O)O)cc2)NC(=O)[C@H](Cc2ccc(OCC(=O)O)cc2)NC(=O)CSC[C@@H](C(=O)N[C@@H](CO)C(N)=O)NC(=O)[C@H](CCC(N)=O)NC(=O)[C@H](C(C)C)NC(=O)[C@H](CC2CCCCC2)NC(=O)[C@H](CCN)NC(=O)[C@@H](CC(C)C)NC(=O)[C@H](C)N(C)C1=O. The van der Waals surface area contributed by atoms with E-state index in [1.165, 1.54) is 64.2 Å². The number of aromatic nitrogens is 1. The van der Waals surface area contributed by atoms with Crippen molar-refractivity contribution in [3.8, 4) is 16.9 Å². The topological polar surface area (TPSA) is 697 Å². The number of amides is 17. The van der Waals surface area contributed by atoms with Crippen molar-refractivity contribution in [2.45, 2.75) is 262 Å². The number of carboxylic acids is 3. The van der Waals surface area contributed by atoms with E-state index >= 15 is 38.4 Å². The van der Waals surface area contributed by atoms with Crippen molar-refractivity contribution < 1.29 is 121 Å². The van der Waals surface area contributed by atoms with E-state index in [9.17, 15) is 78.0 Å². The molecule has 1 saturated carbocycles. The average molecular weight is 2090 g/mol. The molecule has 1 unspecified atom stereocenters. The number of aliphatic carboxylic acids is 2. The number of primary amides is 2. The number of para-hydroxylation sites is 1. The molecule has 0 radical (unpaired) electrons. The van der Waals surface area contributed by atoms with Crippen LogP contribution in [0.3, 0.4) is 0 Å². The number of aromatic amines is 1. The molecule has 25 N–H and O–H groups in total. The van der Waals surface area contributed by atoms with Crippen molar-refractivity contribution in [3.63, 3.8) is 0 Å². The van der Waals surface area contributed by atoms with E-state index < -0.39 is 290 Å². The minimum absolute atomic E-state index is 0.0120. The molecule has 8 rings (SSSR count). The van der Waals surface area contributed by atoms with Gasteiger partial charge in [-0.2, -0.15) is 0 Å². The number of carboxylic acid groups (broad SMARTS) is 3. The summed E-state index contributed by atoms with van der Waals surface area (Å²) in [4.78, 5) is 293. The first-order valence-electron chi connectivity index (χ1n) is 49.9. The van der Waals surface area contributed by atoms with Crippen LogP contribution in [0.15, 0.2) is 134 Å². The Labute approximate surface area is 867 Å². The van der Waals surface area contributed by atoms with Gasteiger partial charge in [0, 0.05) is 62.0 Å². The number of aliphatic hydroxyl groups is 1. The molecular formula is C104H141N19O25S. The molecule has 1 saturated heterocycles. The fraction of sp³-hybridized carbons (Fsp3) is 0.500. The minimum Gasteiger partial charge on any atom is -0.482 e. The van der Waals surface area contributed by atoms with E-state index in [-0.39, 0.29) is 79.3 Å². The van der Waals surface area contributed by atoms with Gasteiger partial charge in [0.2, 0.25) is 100 Å². The van der Waals surface area contributed by atoms with Gasteiger partial charge in [-0.15, -0.1) is 11.8 Å². The van der Waals surface area contributed by atoms with Gasteiger partial charge in [0.05, 0.1) is 24.3 Å². The van der Waals surface area contributed by atoms with Gasteiger partial charge in [0.15, 0.2) is 6.61 Å². The van der Waals surface area contributed by atoms with Gasteiger partial charge in [-0.3, -0.25) is 86.3 Å². The van der Waals surface area contributed by atoms with Crippen LogP contribution in [-0.4, -0.2) is 278 Å². The summed E-state index contributed by atoms with van der Waals surface area (Å²) >= 11 is 0.599. The number of carbonyl (C=O) groups is 20. The zero-order chi connectivity index (χ0) is 110. The van der Waals surface area contributed by atoms with Gasteiger partial charge in [-0.05, 0) is 139 Å². The summed E-state index contributed by atoms with van der Waals surface area (Å²) in [6.45, 7) is 12.8. The van der Waals surface area contributed by atoms with Crippen LogP contribution in [0.1, 0.15) is 178 Å². The molecule has 45 heteroatoms. The number of ether oxygens (including phenoxy) is 1. The Hall–Kier alpha value is -14.9. The second kappa shape index (κ2) is 58.6. The predicted octanol–water partition coefficient (Wildman–Crippen LogP) is 0.979. The van der Waals surface area contributed by atoms with E-state index in [2.05, 4.69) is 79.4 Å². The summed E-state index contributed by atoms with van der Waals surface area (Å²) in [5, 5.41) is 77.4. The standard InChI is InChI=1S/C104H141N19O25S/c1-11-58(8)88-103(145)123(10)59(9)90(132)112-73(42-55(2)3)93(135)110-72(40-41-105)92(134)114-77(44-60-20-14-12-15-21-60)99(141)121-87(57(6)7)102(144)111-71(38-39-83(106)125)91(133)120-82(101(143)119-81(51-124)89(107)131)53-149-54-84(126)109-75(45-63-30-36-68(37-31-63)148-52-86(129)130)95(137)115-76(46-62-28-34-66(35-29-62)104(146)147)96(138)118-80(49-85(127)128)98(140)117-79(48-67-50-108-70-25-19-18-24-69(67)70)97(139)113-74(43-56(4)5)94(136)116-78(100(142)122-88)47-61-26-32-65(33-27-61)64-22-16-13-17-23-64/h13,16-19,22-37,50,55-60,71-82,87-88,108,124H,11-12,14-15,20-21,38-49,51-54,105H2,1-10H3,(H2,106,125)(H2,107,131)(H,109,126)(H,110,135)(H,111,144)(H,112,132)(H,113,139)(H,114,134)(H,115,137)(H,116,136)(H,117,140)(H,118,138)(H,119,143)(H,120,133)(H,121,141)(H,122,142)(H,127,128)(H,129,130)(H,146,147)/t58?,59-,71-,72-,73+,74-,75-,76-,77-,78-,79-,80-,81-,82-,87-,88-/m0/s1. The number of benzene rings is 5. The molecule has 5 aromatic carbocycles. The maximum absolute atomic E-state index is 15.6. The fourth-order valence-corrected chi connectivity index (χ4v) is 18.0. The van der Waals surface area contributed by atoms with Crippen molar-refractivity contribution in [1.29, 1.82) is 0 Å². The Morgan fingerprint density at radius 3 is 1.48 bits per heavy atom. The van der Waals surface area contributed by atoms with Gasteiger partial charge >= 0.3 is 17.9 Å². The predicted molar refractivity (Wildman–Crippen MR) is 550 cm³/mol. The highest BCUT2D eigenvalue weighted by Crippen LogP contribution is 2.30. The van der Waals surface area contributed by atoms with Gasteiger partial charge in [0.1, 0.15) is 96.4 Å². The van der Waals surface area contributed by atoms with Gasteiger partial charge < -0.3 is 127 Å². The number of likely N-dealkylation sites (N-methyl/N-ethyl adjacent to an activating group) is 1. The molecule has 44 nitrogen and oxygen atoms in total. The third kappa shape index (κ3) is 37.8. The lowest BCUT2D eigenvalue weighted by Gasteiger charge is -2.33. The van der Waals surface area contributed by atoms with E-state index in [1.807, 2.05) is 30.3 Å². The van der Waals surface area contributed by atoms with E-state index in [4.69, 9.17) is 21.9 Å². The number of hydrogen-bond acceptors (Lipinski definition) is 24. The molecule has 6 aromatic rings. The summed E-state index contributed by atoms with van der Waals surface area (Å²) in [5.74, 6) is -26.0. The number of aromatic carboxylic acids is 1. The van der Waals surface area contributed by atoms with Crippen LogP contribution in [0.5, 0.6) is 5.75 Å². The average Bonchev–Trinajstić information content (AvgIpc) is 1.69. The zero-order valence-corrected chi connectivity index (χ0v) is 86.1. The molecule has 808 valence electrons. The molecule has 2 aliphatic rings. The molecule has 1 aromatic heterocycles. The third-order valence-electron chi connectivity index (χ3n) is 25.9. The molecule has 17 amide bonds. The highest BCUT2D eigenvalue weighted by atomic mass is 32.2. The van der Waals surface area contributed by atoms with Crippen LogP contribution in [0.2, 0.25) is 0 Å². The lowest BCUT2D eigenvalue weighted by molar-refractivity contribution is -0.143. The number of H-pyrrole nitrogens is 1. The zero-order valence-electron chi connectivity index (χ0n) is 85.3. The van der Waals surface area contributed by atoms with Crippen LogP contribution < -0.4 is 96.4 Å². The Morgan fingerprint density at radius 1 is 0.490 bits per heavy atom. The smallest absolute Gasteiger partial charge is 0.341 e. The van der Waals surface area contributed by atoms with Crippen molar-refractivity contribution in [3.05, 3.63) is 161 Å². The fourth-order valence-electron chi connectivity index (χ4n) is 17.2. The highest BCUT2D eigenvalue weighted by Gasteiger charge is 2.43. The normalized spacial score (nSPS) is 23.1. The maximum atomic E-state index is 15.6. The largest absolute Gasteiger partial charge is 0.482 e. The van der Waals surface area contributed by atoms with Crippen LogP contribution in [-0.2, 0) is 117 Å². The summed E-state index contributed by atoms with van der Waals surface area (Å²) in [5.41, 5.74) is 20.5. The number of thioether (sulfide) groups is 1. The molecule has 149 heavy (non-hydrogen) atoms. The number of fused-ring (bicyclic) bond motifs is 1. The number of carbonyl (C=O) groups excluding carboxylic acids is 17. The molecular weight excluding hydrogens is 1950 g/mol. The minimum atomic E-state index is -2.17. The van der Waals surface area contributed by atoms with Crippen LogP contribution in [0.25, 0.3) is 22.0 Å². The van der Waals surface area contributed by atoms with Crippen molar-refractivity contribution >= 4 is 141 Å². The number of hydrogen-bond donors (Lipinski definition) is 22. The van der Waals surface area contributed by atoms with Crippen LogP contribution >= 0.6 is 11.8 Å². The van der Waals surface area contributed by atoms with Gasteiger partial charge in [-0.1, -0.05) is 191 Å². The molecule has 0 spiro atoms. The van der Waals surface area contributed by atoms with Crippen LogP contribution in [0.4, 0.5) is 0 Å². The van der Waals surface area contributed by atoms with Gasteiger partial charge in [-0.25, -0.2) is 9.59 Å². The van der Waals surface area contributed by atoms with Crippen LogP contribution in [0, 0.1) is 29.6 Å².